The van der Waals surface area contributed by atoms with Gasteiger partial charge in [-0.05, 0) is 31.2 Å². The van der Waals surface area contributed by atoms with Crippen molar-refractivity contribution >= 4 is 11.5 Å². The molecule has 0 bridgehead atoms. The number of rotatable bonds is 3. The van der Waals surface area contributed by atoms with Crippen molar-refractivity contribution in [2.24, 2.45) is 0 Å². The van der Waals surface area contributed by atoms with Crippen molar-refractivity contribution < 1.29 is 9.53 Å². The molecule has 0 atom stereocenters. The molecule has 1 aromatic carbocycles. The summed E-state index contributed by atoms with van der Waals surface area (Å²) in [7, 11) is 0. The summed E-state index contributed by atoms with van der Waals surface area (Å²) >= 11 is 0. The fourth-order valence-corrected chi connectivity index (χ4v) is 2.34. The summed E-state index contributed by atoms with van der Waals surface area (Å²) in [5.41, 5.74) is 1.07. The highest BCUT2D eigenvalue weighted by molar-refractivity contribution is 6.17. The van der Waals surface area contributed by atoms with E-state index in [2.05, 4.69) is 0 Å². The normalized spacial score (nSPS) is 16.7. The van der Waals surface area contributed by atoms with Crippen molar-refractivity contribution in [2.75, 3.05) is 0 Å². The SMILES string of the molecule is N#CC=C(C(=O)OC1CCCCC1)c1ccccc1. The van der Waals surface area contributed by atoms with E-state index in [0.717, 1.165) is 31.2 Å². The second-order valence-electron chi connectivity index (χ2n) is 4.72. The number of hydrogen-bond acceptors (Lipinski definition) is 3. The number of ether oxygens (including phenoxy) is 1. The number of carbonyl (C=O) groups excluding carboxylic acids is 1. The Morgan fingerprint density at radius 2 is 1.89 bits per heavy atom. The molecule has 1 fully saturated rings. The molecule has 0 amide bonds. The maximum atomic E-state index is 12.2. The fraction of sp³-hybridized carbons (Fsp3) is 0.375. The molecule has 19 heavy (non-hydrogen) atoms. The van der Waals surface area contributed by atoms with Gasteiger partial charge in [0.2, 0.25) is 0 Å². The first-order chi connectivity index (χ1) is 9.31. The predicted molar refractivity (Wildman–Crippen MR) is 73.0 cm³/mol. The second kappa shape index (κ2) is 6.75. The number of benzene rings is 1. The van der Waals surface area contributed by atoms with E-state index >= 15 is 0 Å². The Bertz CT molecular complexity index is 493. The van der Waals surface area contributed by atoms with E-state index in [0.29, 0.717) is 5.57 Å². The van der Waals surface area contributed by atoms with Gasteiger partial charge in [0.25, 0.3) is 0 Å². The van der Waals surface area contributed by atoms with Crippen LogP contribution < -0.4 is 0 Å². The minimum Gasteiger partial charge on any atom is -0.459 e. The second-order valence-corrected chi connectivity index (χ2v) is 4.72. The van der Waals surface area contributed by atoms with Gasteiger partial charge in [0.05, 0.1) is 11.6 Å². The van der Waals surface area contributed by atoms with Gasteiger partial charge >= 0.3 is 5.97 Å². The molecule has 0 aromatic heterocycles. The Morgan fingerprint density at radius 1 is 1.21 bits per heavy atom. The molecule has 0 unspecified atom stereocenters. The molecule has 3 nitrogen and oxygen atoms in total. The van der Waals surface area contributed by atoms with Crippen molar-refractivity contribution in [3.63, 3.8) is 0 Å². The molecular weight excluding hydrogens is 238 g/mol. The molecule has 1 aliphatic carbocycles. The van der Waals surface area contributed by atoms with Crippen LogP contribution in [0.3, 0.4) is 0 Å². The molecule has 0 saturated heterocycles. The summed E-state index contributed by atoms with van der Waals surface area (Å²) in [6.45, 7) is 0. The molecule has 0 aliphatic heterocycles. The van der Waals surface area contributed by atoms with Crippen LogP contribution in [0.4, 0.5) is 0 Å². The van der Waals surface area contributed by atoms with Gasteiger partial charge in [0.1, 0.15) is 6.10 Å². The van der Waals surface area contributed by atoms with Crippen LogP contribution in [-0.2, 0) is 9.53 Å². The van der Waals surface area contributed by atoms with E-state index in [1.54, 1.807) is 0 Å². The van der Waals surface area contributed by atoms with Gasteiger partial charge in [-0.15, -0.1) is 0 Å². The molecule has 1 aromatic rings. The molecule has 98 valence electrons. The lowest BCUT2D eigenvalue weighted by Gasteiger charge is -2.22. The van der Waals surface area contributed by atoms with Gasteiger partial charge in [0.15, 0.2) is 0 Å². The van der Waals surface area contributed by atoms with Gasteiger partial charge in [-0.2, -0.15) is 5.26 Å². The van der Waals surface area contributed by atoms with E-state index < -0.39 is 0 Å². The summed E-state index contributed by atoms with van der Waals surface area (Å²) in [5.74, 6) is -0.389. The maximum Gasteiger partial charge on any atom is 0.339 e. The Morgan fingerprint density at radius 3 is 2.53 bits per heavy atom. The largest absolute Gasteiger partial charge is 0.459 e. The van der Waals surface area contributed by atoms with Crippen molar-refractivity contribution in [1.29, 1.82) is 5.26 Å². The molecule has 0 N–H and O–H groups in total. The standard InChI is InChI=1S/C16H17NO2/c17-12-11-15(13-7-3-1-4-8-13)16(18)19-14-9-5-2-6-10-14/h1,3-4,7-8,11,14H,2,5-6,9-10H2. The lowest BCUT2D eigenvalue weighted by molar-refractivity contribution is -0.143. The van der Waals surface area contributed by atoms with Crippen LogP contribution in [0.1, 0.15) is 37.7 Å². The first-order valence-corrected chi connectivity index (χ1v) is 6.67. The minimum absolute atomic E-state index is 0.00653. The highest BCUT2D eigenvalue weighted by Crippen LogP contribution is 2.23. The van der Waals surface area contributed by atoms with Gasteiger partial charge in [-0.25, -0.2) is 4.79 Å². The van der Waals surface area contributed by atoms with Crippen LogP contribution in [0, 0.1) is 11.3 Å². The van der Waals surface area contributed by atoms with Crippen molar-refractivity contribution in [3.8, 4) is 6.07 Å². The zero-order valence-electron chi connectivity index (χ0n) is 10.8. The summed E-state index contributed by atoms with van der Waals surface area (Å²) < 4.78 is 5.50. The molecule has 0 spiro atoms. The third-order valence-corrected chi connectivity index (χ3v) is 3.34. The molecule has 1 aliphatic rings. The highest BCUT2D eigenvalue weighted by Gasteiger charge is 2.20. The fourth-order valence-electron chi connectivity index (χ4n) is 2.34. The molecule has 0 heterocycles. The van der Waals surface area contributed by atoms with Crippen molar-refractivity contribution in [2.45, 2.75) is 38.2 Å². The van der Waals surface area contributed by atoms with Crippen LogP contribution in [0.5, 0.6) is 0 Å². The average molecular weight is 255 g/mol. The summed E-state index contributed by atoms with van der Waals surface area (Å²) in [6, 6.07) is 11.1. The topological polar surface area (TPSA) is 50.1 Å². The van der Waals surface area contributed by atoms with E-state index in [1.807, 2.05) is 36.4 Å². The minimum atomic E-state index is -0.389. The third kappa shape index (κ3) is 3.69. The quantitative estimate of drug-likeness (QED) is 0.472. The predicted octanol–water partition coefficient (Wildman–Crippen LogP) is 3.47. The summed E-state index contributed by atoms with van der Waals surface area (Å²) in [4.78, 5) is 12.2. The van der Waals surface area contributed by atoms with Crippen LogP contribution in [0.2, 0.25) is 0 Å². The number of esters is 1. The van der Waals surface area contributed by atoms with E-state index in [4.69, 9.17) is 10.00 Å². The lowest BCUT2D eigenvalue weighted by atomic mass is 9.97. The zero-order valence-corrected chi connectivity index (χ0v) is 10.8. The first kappa shape index (κ1) is 13.4. The van der Waals surface area contributed by atoms with Crippen LogP contribution in [-0.4, -0.2) is 12.1 Å². The Labute approximate surface area is 113 Å². The Hall–Kier alpha value is -2.08. The number of carbonyl (C=O) groups is 1. The maximum absolute atomic E-state index is 12.2. The van der Waals surface area contributed by atoms with Crippen LogP contribution in [0.15, 0.2) is 36.4 Å². The molecule has 0 radical (unpaired) electrons. The lowest BCUT2D eigenvalue weighted by Crippen LogP contribution is -2.21. The Kier molecular flexibility index (Phi) is 4.74. The van der Waals surface area contributed by atoms with Crippen LogP contribution in [0.25, 0.3) is 5.57 Å². The monoisotopic (exact) mass is 255 g/mol. The number of nitrogens with zero attached hydrogens (tertiary/aromatic N) is 1. The molecule has 1 saturated carbocycles. The van der Waals surface area contributed by atoms with Gasteiger partial charge < -0.3 is 4.74 Å². The van der Waals surface area contributed by atoms with E-state index in [-0.39, 0.29) is 12.1 Å². The zero-order chi connectivity index (χ0) is 13.5. The highest BCUT2D eigenvalue weighted by atomic mass is 16.5. The summed E-state index contributed by atoms with van der Waals surface area (Å²) in [5, 5.41) is 8.82. The van der Waals surface area contributed by atoms with Crippen molar-refractivity contribution in [3.05, 3.63) is 42.0 Å². The van der Waals surface area contributed by atoms with Gasteiger partial charge in [0, 0.05) is 6.08 Å². The molecule has 2 rings (SSSR count). The van der Waals surface area contributed by atoms with Crippen LogP contribution >= 0.6 is 0 Å². The summed E-state index contributed by atoms with van der Waals surface area (Å²) in [6.07, 6.45) is 6.57. The van der Waals surface area contributed by atoms with Gasteiger partial charge in [-0.1, -0.05) is 36.8 Å². The average Bonchev–Trinajstić information content (AvgIpc) is 2.46. The number of allylic oxidation sites excluding steroid dienone is 1. The molecular formula is C16H17NO2. The number of nitriles is 1. The first-order valence-electron chi connectivity index (χ1n) is 6.67. The molecule has 3 heteroatoms. The smallest absolute Gasteiger partial charge is 0.339 e. The number of hydrogen-bond donors (Lipinski definition) is 0. The van der Waals surface area contributed by atoms with E-state index in [1.165, 1.54) is 12.5 Å². The Balaban J connectivity index is 2.10. The van der Waals surface area contributed by atoms with Crippen molar-refractivity contribution in [1.82, 2.24) is 0 Å². The van der Waals surface area contributed by atoms with E-state index in [9.17, 15) is 4.79 Å². The van der Waals surface area contributed by atoms with Gasteiger partial charge in [-0.3, -0.25) is 0 Å². The third-order valence-electron chi connectivity index (χ3n) is 3.34.